The van der Waals surface area contributed by atoms with Gasteiger partial charge in [-0.3, -0.25) is 19.2 Å². The number of imidazole rings is 1. The van der Waals surface area contributed by atoms with Gasteiger partial charge in [0.2, 0.25) is 23.6 Å². The van der Waals surface area contributed by atoms with Gasteiger partial charge in [0.05, 0.1) is 18.6 Å². The third-order valence-electron chi connectivity index (χ3n) is 10.7. The molecule has 344 valence electrons. The lowest BCUT2D eigenvalue weighted by atomic mass is 10.0. The number of alkyl carbamates (subject to hydrolysis) is 1. The van der Waals surface area contributed by atoms with Gasteiger partial charge in [-0.2, -0.15) is 0 Å². The summed E-state index contributed by atoms with van der Waals surface area (Å²) in [5, 5.41) is 11.7. The van der Waals surface area contributed by atoms with Crippen LogP contribution in [0.4, 0.5) is 4.79 Å². The summed E-state index contributed by atoms with van der Waals surface area (Å²) in [5.74, 6) is -3.06. The lowest BCUT2D eigenvalue weighted by molar-refractivity contribution is -0.148. The molecule has 0 radical (unpaired) electrons. The predicted molar refractivity (Wildman–Crippen MR) is 240 cm³/mol. The molecule has 5 amide bonds. The average Bonchev–Trinajstić information content (AvgIpc) is 4.06. The van der Waals surface area contributed by atoms with E-state index in [4.69, 9.17) is 14.2 Å². The van der Waals surface area contributed by atoms with E-state index in [0.29, 0.717) is 25.1 Å². The fourth-order valence-corrected chi connectivity index (χ4v) is 7.42. The van der Waals surface area contributed by atoms with Crippen LogP contribution >= 0.6 is 0 Å². The molecule has 5 atom stereocenters. The highest BCUT2D eigenvalue weighted by atomic mass is 16.6. The van der Waals surface area contributed by atoms with Crippen LogP contribution in [0.2, 0.25) is 0 Å². The van der Waals surface area contributed by atoms with Crippen LogP contribution in [0.1, 0.15) is 69.8 Å². The minimum absolute atomic E-state index is 0.00332. The number of fused-ring (bicyclic) bond motifs is 1. The second-order valence-corrected chi connectivity index (χ2v) is 17.1. The summed E-state index contributed by atoms with van der Waals surface area (Å²) < 4.78 is 18.5. The maximum absolute atomic E-state index is 14.3. The minimum Gasteiger partial charge on any atom is -0.459 e. The molecular weight excluding hydrogens is 833 g/mol. The van der Waals surface area contributed by atoms with Gasteiger partial charge in [0.1, 0.15) is 49.1 Å². The lowest BCUT2D eigenvalue weighted by Crippen LogP contribution is -2.58. The number of benzene rings is 3. The molecular formula is C48H58N8O9. The van der Waals surface area contributed by atoms with Crippen molar-refractivity contribution in [3.63, 3.8) is 0 Å². The van der Waals surface area contributed by atoms with Crippen molar-refractivity contribution in [3.05, 3.63) is 126 Å². The number of carbonyl (C=O) groups excluding carboxylic acids is 6. The normalized spacial score (nSPS) is 15.6. The van der Waals surface area contributed by atoms with Crippen LogP contribution in [0.15, 0.2) is 104 Å². The van der Waals surface area contributed by atoms with E-state index in [1.165, 1.54) is 18.7 Å². The monoisotopic (exact) mass is 890 g/mol. The van der Waals surface area contributed by atoms with Crippen LogP contribution < -0.4 is 21.3 Å². The predicted octanol–water partition coefficient (Wildman–Crippen LogP) is 4.45. The highest BCUT2D eigenvalue weighted by Gasteiger charge is 2.39. The zero-order valence-electron chi connectivity index (χ0n) is 37.4. The number of aromatic nitrogens is 3. The Morgan fingerprint density at radius 1 is 0.785 bits per heavy atom. The Morgan fingerprint density at radius 2 is 1.46 bits per heavy atom. The van der Waals surface area contributed by atoms with Crippen molar-refractivity contribution < 1.29 is 43.0 Å². The van der Waals surface area contributed by atoms with Gasteiger partial charge in [-0.25, -0.2) is 14.6 Å². The number of carbonyl (C=O) groups is 6. The quantitative estimate of drug-likeness (QED) is 0.0735. The summed E-state index contributed by atoms with van der Waals surface area (Å²) >= 11 is 0. The summed E-state index contributed by atoms with van der Waals surface area (Å²) in [4.78, 5) is 90.8. The fourth-order valence-electron chi connectivity index (χ4n) is 7.42. The van der Waals surface area contributed by atoms with E-state index >= 15 is 0 Å². The van der Waals surface area contributed by atoms with Gasteiger partial charge in [0.25, 0.3) is 0 Å². The first-order valence-corrected chi connectivity index (χ1v) is 21.7. The third kappa shape index (κ3) is 13.7. The van der Waals surface area contributed by atoms with E-state index in [1.807, 2.05) is 84.9 Å². The van der Waals surface area contributed by atoms with Crippen molar-refractivity contribution in [2.75, 3.05) is 6.54 Å². The van der Waals surface area contributed by atoms with Crippen LogP contribution in [0.5, 0.6) is 0 Å². The van der Waals surface area contributed by atoms with Gasteiger partial charge in [0, 0.05) is 42.7 Å². The molecule has 0 unspecified atom stereocenters. The summed E-state index contributed by atoms with van der Waals surface area (Å²) in [7, 11) is 0. The molecule has 0 aliphatic carbocycles. The van der Waals surface area contributed by atoms with Gasteiger partial charge in [-0.15, -0.1) is 0 Å². The Morgan fingerprint density at radius 3 is 2.17 bits per heavy atom. The molecule has 0 bridgehead atoms. The van der Waals surface area contributed by atoms with Crippen LogP contribution in [-0.2, 0) is 71.0 Å². The van der Waals surface area contributed by atoms with E-state index in [1.54, 1.807) is 44.1 Å². The van der Waals surface area contributed by atoms with Gasteiger partial charge in [-0.05, 0) is 70.2 Å². The Bertz CT molecular complexity index is 2410. The van der Waals surface area contributed by atoms with Crippen LogP contribution in [-0.4, -0.2) is 97.5 Å². The molecule has 2 aromatic heterocycles. The largest absolute Gasteiger partial charge is 0.459 e. The standard InChI is InChI=1S/C48H58N8O9/c1-31(42(57)53-39(23-35-25-49-38-20-13-12-19-37(35)38)43(58)52-32(2)46(61)64-28-34-17-10-7-11-18-34)51-44(59)41-21-14-22-56(41)45(60)40(54-47(62)65-48(3,4)5)24-36-26-55(29-50-36)30-63-27-33-15-8-6-9-16-33/h6-13,15-20,25-26,29,31-32,39-41,49H,14,21-24,27-28,30H2,1-5H3,(H,51,59)(H,52,58)(H,53,57)(H,54,62)/t31-,32-,39+,40-,41+/m1/s1. The number of para-hydroxylation sites is 1. The number of nitrogens with zero attached hydrogens (tertiary/aromatic N) is 3. The Hall–Kier alpha value is -7.01. The number of nitrogens with one attached hydrogen (secondary N) is 5. The molecule has 17 nitrogen and oxygen atoms in total. The van der Waals surface area contributed by atoms with Crippen molar-refractivity contribution in [1.29, 1.82) is 0 Å². The molecule has 5 N–H and O–H groups in total. The number of amides is 5. The van der Waals surface area contributed by atoms with Crippen molar-refractivity contribution in [2.45, 2.75) is 116 Å². The SMILES string of the molecule is C[C@@H](NC(=O)[C@@H]1CCCN1C(=O)[C@@H](Cc1cn(COCc2ccccc2)cn1)NC(=O)OC(C)(C)C)C(=O)N[C@@H](Cc1c[nH]c2ccccc12)C(=O)N[C@H](C)C(=O)OCc1ccccc1. The Kier molecular flexibility index (Phi) is 16.1. The number of rotatable bonds is 19. The number of hydrogen-bond donors (Lipinski definition) is 5. The molecule has 3 aromatic carbocycles. The smallest absolute Gasteiger partial charge is 0.408 e. The van der Waals surface area contributed by atoms with Crippen LogP contribution in [0.3, 0.4) is 0 Å². The first-order chi connectivity index (χ1) is 31.1. The molecule has 0 spiro atoms. The molecule has 5 aromatic rings. The maximum atomic E-state index is 14.3. The number of likely N-dealkylation sites (tertiary alicyclic amines) is 1. The van der Waals surface area contributed by atoms with Crippen molar-refractivity contribution >= 4 is 46.6 Å². The fraction of sp³-hybridized carbons (Fsp3) is 0.396. The summed E-state index contributed by atoms with van der Waals surface area (Å²) in [6, 6.07) is 20.9. The molecule has 6 rings (SSSR count). The maximum Gasteiger partial charge on any atom is 0.408 e. The summed E-state index contributed by atoms with van der Waals surface area (Å²) in [5.41, 5.74) is 3.03. The zero-order valence-corrected chi connectivity index (χ0v) is 37.4. The number of H-pyrrole nitrogens is 1. The number of aromatic amines is 1. The summed E-state index contributed by atoms with van der Waals surface area (Å²) in [6.07, 6.45) is 5.10. The summed E-state index contributed by atoms with van der Waals surface area (Å²) in [6.45, 7) is 8.95. The molecule has 65 heavy (non-hydrogen) atoms. The average molecular weight is 891 g/mol. The van der Waals surface area contributed by atoms with Crippen molar-refractivity contribution in [2.24, 2.45) is 0 Å². The number of ether oxygens (including phenoxy) is 3. The molecule has 3 heterocycles. The van der Waals surface area contributed by atoms with E-state index in [0.717, 1.165) is 27.6 Å². The molecule has 1 fully saturated rings. The minimum atomic E-state index is -1.16. The van der Waals surface area contributed by atoms with E-state index < -0.39 is 71.5 Å². The first kappa shape index (κ1) is 47.5. The highest BCUT2D eigenvalue weighted by molar-refractivity contribution is 5.96. The van der Waals surface area contributed by atoms with E-state index in [-0.39, 0.29) is 32.7 Å². The number of esters is 1. The molecule has 17 heteroatoms. The van der Waals surface area contributed by atoms with Crippen molar-refractivity contribution in [1.82, 2.24) is 40.7 Å². The van der Waals surface area contributed by atoms with Crippen LogP contribution in [0, 0.1) is 0 Å². The van der Waals surface area contributed by atoms with Gasteiger partial charge in [-0.1, -0.05) is 78.9 Å². The lowest BCUT2D eigenvalue weighted by Gasteiger charge is -2.30. The molecule has 1 saturated heterocycles. The van der Waals surface area contributed by atoms with E-state index in [2.05, 4.69) is 31.2 Å². The van der Waals surface area contributed by atoms with Crippen molar-refractivity contribution in [3.8, 4) is 0 Å². The molecule has 1 aliphatic heterocycles. The molecule has 0 saturated carbocycles. The van der Waals surface area contributed by atoms with Gasteiger partial charge >= 0.3 is 12.1 Å². The Balaban J connectivity index is 1.10. The van der Waals surface area contributed by atoms with Crippen LogP contribution in [0.25, 0.3) is 10.9 Å². The van der Waals surface area contributed by atoms with Gasteiger partial charge in [0.15, 0.2) is 0 Å². The molecule has 1 aliphatic rings. The zero-order chi connectivity index (χ0) is 46.5. The first-order valence-electron chi connectivity index (χ1n) is 21.7. The van der Waals surface area contributed by atoms with Gasteiger partial charge < -0.3 is 49.9 Å². The topological polar surface area (TPSA) is 215 Å². The Labute approximate surface area is 378 Å². The second kappa shape index (κ2) is 22.1. The third-order valence-corrected chi connectivity index (χ3v) is 10.7. The highest BCUT2D eigenvalue weighted by Crippen LogP contribution is 2.22. The number of hydrogen-bond acceptors (Lipinski definition) is 10. The van der Waals surface area contributed by atoms with E-state index in [9.17, 15) is 28.8 Å². The second-order valence-electron chi connectivity index (χ2n) is 17.1.